The molecule has 0 unspecified atom stereocenters. The molecule has 2 fully saturated rings. The summed E-state index contributed by atoms with van der Waals surface area (Å²) in [7, 11) is 1.88. The van der Waals surface area contributed by atoms with Crippen LogP contribution in [0.1, 0.15) is 32.1 Å². The highest BCUT2D eigenvalue weighted by Crippen LogP contribution is 2.36. The minimum atomic E-state index is 0.153. The van der Waals surface area contributed by atoms with Crippen LogP contribution >= 0.6 is 0 Å². The molecular weight excluding hydrogens is 248 g/mol. The molecule has 1 aromatic carbocycles. The Morgan fingerprint density at radius 1 is 1.10 bits per heavy atom. The van der Waals surface area contributed by atoms with E-state index in [-0.39, 0.29) is 6.03 Å². The smallest absolute Gasteiger partial charge is 0.324 e. The zero-order valence-electron chi connectivity index (χ0n) is 12.3. The number of carbonyl (C=O) groups is 1. The van der Waals surface area contributed by atoms with Gasteiger partial charge >= 0.3 is 6.03 Å². The van der Waals surface area contributed by atoms with Crippen molar-refractivity contribution in [3.63, 3.8) is 0 Å². The summed E-state index contributed by atoms with van der Waals surface area (Å²) in [6, 6.07) is 10.1. The minimum absolute atomic E-state index is 0.153. The number of hydrogen-bond donors (Lipinski definition) is 0. The minimum Gasteiger partial charge on any atom is -0.324 e. The SMILES string of the molecule is CN(C(=O)N1CC[C@@H]2CCCC[C@H]2C1)c1ccccc1. The highest BCUT2D eigenvalue weighted by atomic mass is 16.2. The Kier molecular flexibility index (Phi) is 3.95. The number of piperidine rings is 1. The second kappa shape index (κ2) is 5.86. The van der Waals surface area contributed by atoms with E-state index in [1.165, 1.54) is 32.1 Å². The van der Waals surface area contributed by atoms with E-state index in [1.807, 2.05) is 37.4 Å². The number of urea groups is 1. The summed E-state index contributed by atoms with van der Waals surface area (Å²) in [5.41, 5.74) is 0.975. The van der Waals surface area contributed by atoms with Gasteiger partial charge in [0.1, 0.15) is 0 Å². The molecule has 3 nitrogen and oxygen atoms in total. The number of likely N-dealkylation sites (tertiary alicyclic amines) is 1. The number of amides is 2. The van der Waals surface area contributed by atoms with Gasteiger partial charge in [-0.1, -0.05) is 37.5 Å². The Balaban J connectivity index is 1.65. The Labute approximate surface area is 121 Å². The molecule has 1 saturated carbocycles. The first-order chi connectivity index (χ1) is 9.75. The van der Waals surface area contributed by atoms with E-state index in [1.54, 1.807) is 4.90 Å². The Morgan fingerprint density at radius 2 is 1.80 bits per heavy atom. The number of nitrogens with zero attached hydrogens (tertiary/aromatic N) is 2. The molecule has 1 heterocycles. The first-order valence-electron chi connectivity index (χ1n) is 7.83. The number of carbonyl (C=O) groups excluding carboxylic acids is 1. The Hall–Kier alpha value is -1.51. The van der Waals surface area contributed by atoms with Crippen LogP contribution < -0.4 is 4.90 Å². The quantitative estimate of drug-likeness (QED) is 0.763. The molecule has 0 spiro atoms. The number of rotatable bonds is 1. The van der Waals surface area contributed by atoms with Crippen LogP contribution in [0, 0.1) is 11.8 Å². The van der Waals surface area contributed by atoms with E-state index in [0.29, 0.717) is 0 Å². The largest absolute Gasteiger partial charge is 0.324 e. The first kappa shape index (κ1) is 13.5. The van der Waals surface area contributed by atoms with Gasteiger partial charge in [-0.2, -0.15) is 0 Å². The fraction of sp³-hybridized carbons (Fsp3) is 0.588. The summed E-state index contributed by atoms with van der Waals surface area (Å²) in [5, 5.41) is 0. The number of para-hydroxylation sites is 1. The van der Waals surface area contributed by atoms with Crippen molar-refractivity contribution in [1.82, 2.24) is 4.90 Å². The van der Waals surface area contributed by atoms with Crippen LogP contribution in [0.25, 0.3) is 0 Å². The average molecular weight is 272 g/mol. The third-order valence-electron chi connectivity index (χ3n) is 4.99. The van der Waals surface area contributed by atoms with Crippen LogP contribution in [0.3, 0.4) is 0 Å². The lowest BCUT2D eigenvalue weighted by molar-refractivity contribution is 0.105. The highest BCUT2D eigenvalue weighted by molar-refractivity contribution is 5.91. The molecule has 1 aromatic rings. The molecule has 1 aliphatic carbocycles. The standard InChI is InChI=1S/C17H24N2O/c1-18(16-9-3-2-4-10-16)17(20)19-12-11-14-7-5-6-8-15(14)13-19/h2-4,9-10,14-15H,5-8,11-13H2,1H3/t14-,15-/m0/s1. The second-order valence-corrected chi connectivity index (χ2v) is 6.22. The summed E-state index contributed by atoms with van der Waals surface area (Å²) in [5.74, 6) is 1.61. The monoisotopic (exact) mass is 272 g/mol. The van der Waals surface area contributed by atoms with Crippen LogP contribution in [0.5, 0.6) is 0 Å². The molecule has 0 N–H and O–H groups in total. The number of anilines is 1. The number of fused-ring (bicyclic) bond motifs is 1. The Bertz CT molecular complexity index is 459. The van der Waals surface area contributed by atoms with Crippen molar-refractivity contribution in [2.24, 2.45) is 11.8 Å². The third kappa shape index (κ3) is 2.67. The Morgan fingerprint density at radius 3 is 2.55 bits per heavy atom. The lowest BCUT2D eigenvalue weighted by Crippen LogP contribution is -2.49. The molecule has 20 heavy (non-hydrogen) atoms. The van der Waals surface area contributed by atoms with Crippen molar-refractivity contribution >= 4 is 11.7 Å². The van der Waals surface area contributed by atoms with E-state index in [4.69, 9.17) is 0 Å². The summed E-state index contributed by atoms with van der Waals surface area (Å²) >= 11 is 0. The van der Waals surface area contributed by atoms with E-state index >= 15 is 0 Å². The predicted octanol–water partition coefficient (Wildman–Crippen LogP) is 3.75. The zero-order chi connectivity index (χ0) is 13.9. The lowest BCUT2D eigenvalue weighted by Gasteiger charge is -2.42. The van der Waals surface area contributed by atoms with E-state index < -0.39 is 0 Å². The van der Waals surface area contributed by atoms with Crippen molar-refractivity contribution in [2.45, 2.75) is 32.1 Å². The second-order valence-electron chi connectivity index (χ2n) is 6.22. The van der Waals surface area contributed by atoms with Crippen LogP contribution in [0.4, 0.5) is 10.5 Å². The van der Waals surface area contributed by atoms with Gasteiger partial charge in [0, 0.05) is 25.8 Å². The van der Waals surface area contributed by atoms with E-state index in [0.717, 1.165) is 30.6 Å². The van der Waals surface area contributed by atoms with Gasteiger partial charge < -0.3 is 4.90 Å². The molecule has 1 aliphatic heterocycles. The van der Waals surface area contributed by atoms with Gasteiger partial charge in [-0.3, -0.25) is 4.90 Å². The van der Waals surface area contributed by atoms with Gasteiger partial charge in [-0.25, -0.2) is 4.79 Å². The predicted molar refractivity (Wildman–Crippen MR) is 81.9 cm³/mol. The van der Waals surface area contributed by atoms with Gasteiger partial charge in [0.2, 0.25) is 0 Å². The van der Waals surface area contributed by atoms with Gasteiger partial charge in [0.25, 0.3) is 0 Å². The molecule has 1 saturated heterocycles. The lowest BCUT2D eigenvalue weighted by atomic mass is 9.75. The molecule has 3 heteroatoms. The van der Waals surface area contributed by atoms with Gasteiger partial charge in [0.15, 0.2) is 0 Å². The zero-order valence-corrected chi connectivity index (χ0v) is 12.3. The van der Waals surface area contributed by atoms with Crippen molar-refractivity contribution in [2.75, 3.05) is 25.0 Å². The van der Waals surface area contributed by atoms with E-state index in [2.05, 4.69) is 4.90 Å². The highest BCUT2D eigenvalue weighted by Gasteiger charge is 2.33. The molecule has 2 amide bonds. The molecule has 0 radical (unpaired) electrons. The third-order valence-corrected chi connectivity index (χ3v) is 4.99. The van der Waals surface area contributed by atoms with Gasteiger partial charge in [0.05, 0.1) is 0 Å². The number of hydrogen-bond acceptors (Lipinski definition) is 1. The van der Waals surface area contributed by atoms with Gasteiger partial charge in [-0.05, 0) is 36.8 Å². The summed E-state index contributed by atoms with van der Waals surface area (Å²) in [6.45, 7) is 1.89. The fourth-order valence-electron chi connectivity index (χ4n) is 3.75. The maximum Gasteiger partial charge on any atom is 0.324 e. The van der Waals surface area contributed by atoms with Crippen molar-refractivity contribution in [3.05, 3.63) is 30.3 Å². The van der Waals surface area contributed by atoms with Crippen LogP contribution in [-0.4, -0.2) is 31.1 Å². The number of benzene rings is 1. The summed E-state index contributed by atoms with van der Waals surface area (Å²) in [6.07, 6.45) is 6.61. The average Bonchev–Trinajstić information content (AvgIpc) is 2.54. The molecule has 0 aromatic heterocycles. The summed E-state index contributed by atoms with van der Waals surface area (Å²) in [4.78, 5) is 16.5. The van der Waals surface area contributed by atoms with E-state index in [9.17, 15) is 4.79 Å². The molecule has 3 rings (SSSR count). The summed E-state index contributed by atoms with van der Waals surface area (Å²) < 4.78 is 0. The van der Waals surface area contributed by atoms with Crippen LogP contribution in [-0.2, 0) is 0 Å². The van der Waals surface area contributed by atoms with Gasteiger partial charge in [-0.15, -0.1) is 0 Å². The molecule has 2 aliphatic rings. The molecule has 0 bridgehead atoms. The normalized spacial score (nSPS) is 25.9. The molecular formula is C17H24N2O. The fourth-order valence-corrected chi connectivity index (χ4v) is 3.75. The first-order valence-corrected chi connectivity index (χ1v) is 7.83. The topological polar surface area (TPSA) is 23.6 Å². The van der Waals surface area contributed by atoms with Crippen LogP contribution in [0.15, 0.2) is 30.3 Å². The van der Waals surface area contributed by atoms with Crippen LogP contribution in [0.2, 0.25) is 0 Å². The van der Waals surface area contributed by atoms with Crippen molar-refractivity contribution < 1.29 is 4.79 Å². The van der Waals surface area contributed by atoms with Crippen molar-refractivity contribution in [3.8, 4) is 0 Å². The molecule has 2 atom stereocenters. The maximum absolute atomic E-state index is 12.6. The van der Waals surface area contributed by atoms with Crippen molar-refractivity contribution in [1.29, 1.82) is 0 Å². The maximum atomic E-state index is 12.6. The molecule has 108 valence electrons.